The molecule has 6 nitrogen and oxygen atoms in total. The molecule has 0 aliphatic heterocycles. The molecule has 2 rings (SSSR count). The number of hydrogen-bond donors (Lipinski definition) is 2. The topological polar surface area (TPSA) is 76.5 Å². The van der Waals surface area contributed by atoms with Crippen LogP contribution in [0.15, 0.2) is 24.4 Å². The predicted molar refractivity (Wildman–Crippen MR) is 84.8 cm³/mol. The normalized spacial score (nSPS) is 11.9. The summed E-state index contributed by atoms with van der Waals surface area (Å²) in [6, 6.07) is 5.48. The van der Waals surface area contributed by atoms with Gasteiger partial charge in [-0.25, -0.2) is 4.98 Å². The molecule has 0 amide bonds. The first kappa shape index (κ1) is 16.3. The van der Waals surface area contributed by atoms with Crippen molar-refractivity contribution in [2.45, 2.75) is 13.0 Å². The second-order valence-electron chi connectivity index (χ2n) is 4.65. The van der Waals surface area contributed by atoms with Gasteiger partial charge in [-0.3, -0.25) is 0 Å². The van der Waals surface area contributed by atoms with Gasteiger partial charge in [0.2, 0.25) is 5.28 Å². The van der Waals surface area contributed by atoms with E-state index in [4.69, 9.17) is 21.1 Å². The third kappa shape index (κ3) is 3.78. The van der Waals surface area contributed by atoms with Crippen LogP contribution < -0.4 is 14.8 Å². The van der Waals surface area contributed by atoms with Gasteiger partial charge in [-0.2, -0.15) is 4.98 Å². The van der Waals surface area contributed by atoms with Gasteiger partial charge >= 0.3 is 0 Å². The monoisotopic (exact) mass is 323 g/mol. The number of rotatable bonds is 6. The number of hydrogen-bond acceptors (Lipinski definition) is 6. The summed E-state index contributed by atoms with van der Waals surface area (Å²) in [6.07, 6.45) is 0.695. The molecule has 0 saturated heterocycles. The zero-order valence-corrected chi connectivity index (χ0v) is 13.4. The predicted octanol–water partition coefficient (Wildman–Crippen LogP) is 2.60. The van der Waals surface area contributed by atoms with E-state index in [1.165, 1.54) is 6.20 Å². The standard InChI is InChI=1S/C15H18ClN3O3/c1-9-6-10(21-3)4-5-11(9)12(20)8-22-13-7-18-15(16)19-14(13)17-2/h4-7,12,20H,8H2,1-3H3,(H,17,18,19). The Bertz CT molecular complexity index is 652. The molecule has 2 N–H and O–H groups in total. The quantitative estimate of drug-likeness (QED) is 0.796. The van der Waals surface area contributed by atoms with Gasteiger partial charge in [0.1, 0.15) is 18.5 Å². The lowest BCUT2D eigenvalue weighted by Gasteiger charge is -2.16. The van der Waals surface area contributed by atoms with Crippen molar-refractivity contribution in [2.24, 2.45) is 0 Å². The Balaban J connectivity index is 2.08. The SMILES string of the molecule is CNc1nc(Cl)ncc1OCC(O)c1ccc(OC)cc1C. The van der Waals surface area contributed by atoms with Gasteiger partial charge in [0, 0.05) is 7.05 Å². The number of halogens is 1. The summed E-state index contributed by atoms with van der Waals surface area (Å²) in [7, 11) is 3.31. The van der Waals surface area contributed by atoms with E-state index in [1.807, 2.05) is 19.1 Å². The zero-order valence-electron chi connectivity index (χ0n) is 12.6. The van der Waals surface area contributed by atoms with E-state index in [0.717, 1.165) is 16.9 Å². The minimum atomic E-state index is -0.772. The molecule has 1 unspecified atom stereocenters. The minimum Gasteiger partial charge on any atom is -0.497 e. The van der Waals surface area contributed by atoms with Crippen molar-refractivity contribution in [3.63, 3.8) is 0 Å². The van der Waals surface area contributed by atoms with E-state index in [0.29, 0.717) is 11.6 Å². The summed E-state index contributed by atoms with van der Waals surface area (Å²) in [5, 5.41) is 13.3. The third-order valence-electron chi connectivity index (χ3n) is 3.20. The van der Waals surface area contributed by atoms with Crippen LogP contribution in [0, 0.1) is 6.92 Å². The highest BCUT2D eigenvalue weighted by atomic mass is 35.5. The summed E-state index contributed by atoms with van der Waals surface area (Å²) in [5.74, 6) is 1.65. The first-order chi connectivity index (χ1) is 10.5. The molecule has 2 aromatic rings. The van der Waals surface area contributed by atoms with Crippen molar-refractivity contribution in [2.75, 3.05) is 26.1 Å². The van der Waals surface area contributed by atoms with Crippen molar-refractivity contribution in [1.29, 1.82) is 0 Å². The molecule has 1 atom stereocenters. The highest BCUT2D eigenvalue weighted by molar-refractivity contribution is 6.28. The summed E-state index contributed by atoms with van der Waals surface area (Å²) in [5.41, 5.74) is 1.71. The van der Waals surface area contributed by atoms with Crippen LogP contribution in [0.25, 0.3) is 0 Å². The Hall–Kier alpha value is -2.05. The van der Waals surface area contributed by atoms with Crippen LogP contribution >= 0.6 is 11.6 Å². The molecule has 22 heavy (non-hydrogen) atoms. The lowest BCUT2D eigenvalue weighted by molar-refractivity contribution is 0.107. The first-order valence-corrected chi connectivity index (χ1v) is 7.08. The third-order valence-corrected chi connectivity index (χ3v) is 3.38. The van der Waals surface area contributed by atoms with Crippen LogP contribution in [0.5, 0.6) is 11.5 Å². The van der Waals surface area contributed by atoms with E-state index in [9.17, 15) is 5.11 Å². The number of aliphatic hydroxyl groups is 1. The molecule has 0 radical (unpaired) electrons. The Labute approximate surface area is 134 Å². The second kappa shape index (κ2) is 7.29. The summed E-state index contributed by atoms with van der Waals surface area (Å²) in [6.45, 7) is 1.98. The number of ether oxygens (including phenoxy) is 2. The van der Waals surface area contributed by atoms with Gasteiger partial charge in [0.25, 0.3) is 0 Å². The Morgan fingerprint density at radius 3 is 2.82 bits per heavy atom. The van der Waals surface area contributed by atoms with Crippen LogP contribution in [-0.2, 0) is 0 Å². The average molecular weight is 324 g/mol. The molecular formula is C15H18ClN3O3. The van der Waals surface area contributed by atoms with E-state index >= 15 is 0 Å². The van der Waals surface area contributed by atoms with Gasteiger partial charge in [-0.15, -0.1) is 0 Å². The van der Waals surface area contributed by atoms with E-state index in [-0.39, 0.29) is 11.9 Å². The van der Waals surface area contributed by atoms with Crippen molar-refractivity contribution in [1.82, 2.24) is 9.97 Å². The molecule has 1 heterocycles. The smallest absolute Gasteiger partial charge is 0.224 e. The van der Waals surface area contributed by atoms with Crippen LogP contribution in [-0.4, -0.2) is 35.8 Å². The molecule has 0 aliphatic carbocycles. The Morgan fingerprint density at radius 2 is 2.18 bits per heavy atom. The molecule has 0 bridgehead atoms. The number of aromatic nitrogens is 2. The van der Waals surface area contributed by atoms with Gasteiger partial charge < -0.3 is 19.9 Å². The van der Waals surface area contributed by atoms with E-state index in [2.05, 4.69) is 15.3 Å². The fourth-order valence-electron chi connectivity index (χ4n) is 2.04. The highest BCUT2D eigenvalue weighted by Crippen LogP contribution is 2.26. The van der Waals surface area contributed by atoms with Crippen LogP contribution in [0.2, 0.25) is 5.28 Å². The van der Waals surface area contributed by atoms with Crippen LogP contribution in [0.1, 0.15) is 17.2 Å². The number of aryl methyl sites for hydroxylation is 1. The number of benzene rings is 1. The van der Waals surface area contributed by atoms with Crippen molar-refractivity contribution < 1.29 is 14.6 Å². The lowest BCUT2D eigenvalue weighted by Crippen LogP contribution is -2.12. The van der Waals surface area contributed by atoms with Gasteiger partial charge in [0.15, 0.2) is 11.6 Å². The minimum absolute atomic E-state index is 0.0762. The molecule has 0 aliphatic rings. The summed E-state index contributed by atoms with van der Waals surface area (Å²) < 4.78 is 10.7. The number of nitrogens with zero attached hydrogens (tertiary/aromatic N) is 2. The van der Waals surface area contributed by atoms with Gasteiger partial charge in [0.05, 0.1) is 13.3 Å². The number of anilines is 1. The maximum Gasteiger partial charge on any atom is 0.224 e. The number of nitrogens with one attached hydrogen (secondary N) is 1. The molecular weight excluding hydrogens is 306 g/mol. The average Bonchev–Trinajstić information content (AvgIpc) is 2.53. The van der Waals surface area contributed by atoms with Crippen molar-refractivity contribution in [3.8, 4) is 11.5 Å². The van der Waals surface area contributed by atoms with Crippen LogP contribution in [0.3, 0.4) is 0 Å². The first-order valence-electron chi connectivity index (χ1n) is 6.71. The zero-order chi connectivity index (χ0) is 16.1. The summed E-state index contributed by atoms with van der Waals surface area (Å²) >= 11 is 5.72. The number of methoxy groups -OCH3 is 1. The van der Waals surface area contributed by atoms with E-state index in [1.54, 1.807) is 20.2 Å². The number of aliphatic hydroxyl groups excluding tert-OH is 1. The Kier molecular flexibility index (Phi) is 5.41. The van der Waals surface area contributed by atoms with Gasteiger partial charge in [-0.05, 0) is 41.8 Å². The van der Waals surface area contributed by atoms with E-state index < -0.39 is 6.10 Å². The maximum atomic E-state index is 10.3. The Morgan fingerprint density at radius 1 is 1.41 bits per heavy atom. The van der Waals surface area contributed by atoms with Crippen molar-refractivity contribution in [3.05, 3.63) is 40.8 Å². The maximum absolute atomic E-state index is 10.3. The second-order valence-corrected chi connectivity index (χ2v) is 4.99. The molecule has 118 valence electrons. The summed E-state index contributed by atoms with van der Waals surface area (Å²) in [4.78, 5) is 7.87. The molecule has 7 heteroatoms. The fraction of sp³-hybridized carbons (Fsp3) is 0.333. The molecule has 0 spiro atoms. The van der Waals surface area contributed by atoms with Crippen molar-refractivity contribution >= 4 is 17.4 Å². The largest absolute Gasteiger partial charge is 0.497 e. The lowest BCUT2D eigenvalue weighted by atomic mass is 10.0. The van der Waals surface area contributed by atoms with Gasteiger partial charge in [-0.1, -0.05) is 6.07 Å². The molecule has 1 aromatic heterocycles. The fourth-order valence-corrected chi connectivity index (χ4v) is 2.17. The molecule has 0 saturated carbocycles. The molecule has 1 aromatic carbocycles. The highest BCUT2D eigenvalue weighted by Gasteiger charge is 2.14. The van der Waals surface area contributed by atoms with Crippen LogP contribution in [0.4, 0.5) is 5.82 Å². The molecule has 0 fully saturated rings.